The quantitative estimate of drug-likeness (QED) is 0.804. The molecule has 2 aromatic rings. The molecule has 1 aromatic carbocycles. The summed E-state index contributed by atoms with van der Waals surface area (Å²) in [5, 5.41) is 17.4. The fourth-order valence-electron chi connectivity index (χ4n) is 3.14. The summed E-state index contributed by atoms with van der Waals surface area (Å²) in [6, 6.07) is 13.9. The van der Waals surface area contributed by atoms with Crippen molar-refractivity contribution in [2.24, 2.45) is 0 Å². The largest absolute Gasteiger partial charge is 0.374 e. The van der Waals surface area contributed by atoms with E-state index in [0.29, 0.717) is 6.61 Å². The maximum atomic E-state index is 9.26. The van der Waals surface area contributed by atoms with E-state index in [2.05, 4.69) is 33.0 Å². The van der Waals surface area contributed by atoms with E-state index in [1.54, 1.807) is 6.20 Å². The Morgan fingerprint density at radius 1 is 1.32 bits per heavy atom. The van der Waals surface area contributed by atoms with Crippen molar-refractivity contribution in [1.82, 2.24) is 15.1 Å². The van der Waals surface area contributed by atoms with Crippen LogP contribution < -0.4 is 4.90 Å². The van der Waals surface area contributed by atoms with E-state index < -0.39 is 0 Å². The number of ether oxygens (including phenoxy) is 1. The van der Waals surface area contributed by atoms with Crippen LogP contribution in [0.5, 0.6) is 0 Å². The van der Waals surface area contributed by atoms with E-state index in [9.17, 15) is 5.26 Å². The fourth-order valence-corrected chi connectivity index (χ4v) is 3.14. The minimum atomic E-state index is 0.116. The highest BCUT2D eigenvalue weighted by molar-refractivity contribution is 5.37. The summed E-state index contributed by atoms with van der Waals surface area (Å²) in [5.41, 5.74) is 1.83. The minimum absolute atomic E-state index is 0.116. The maximum absolute atomic E-state index is 9.26. The third kappa shape index (κ3) is 4.53. The van der Waals surface area contributed by atoms with Crippen molar-refractivity contribution >= 4 is 5.82 Å². The standard InChI is InChI=1S/C19H23N5O/c1-2-24(19-8-5-9-21-22-19)15-18-14-23(10-11-25-18)13-17-7-4-3-6-16(17)12-20/h3-9,18H,2,10-11,13-15H2,1H3/t18-/m1/s1. The molecule has 3 rings (SSSR count). The summed E-state index contributed by atoms with van der Waals surface area (Å²) in [6.07, 6.45) is 1.80. The van der Waals surface area contributed by atoms with Crippen molar-refractivity contribution in [2.75, 3.05) is 37.7 Å². The first-order valence-electron chi connectivity index (χ1n) is 8.64. The SMILES string of the molecule is CCN(C[C@H]1CN(Cc2ccccc2C#N)CCO1)c1cccnn1. The molecule has 6 heteroatoms. The van der Waals surface area contributed by atoms with Crippen molar-refractivity contribution in [2.45, 2.75) is 19.6 Å². The summed E-state index contributed by atoms with van der Waals surface area (Å²) in [6.45, 7) is 6.96. The van der Waals surface area contributed by atoms with Crippen LogP contribution in [0.4, 0.5) is 5.82 Å². The summed E-state index contributed by atoms with van der Waals surface area (Å²) < 4.78 is 5.96. The number of aromatic nitrogens is 2. The Labute approximate surface area is 148 Å². The van der Waals surface area contributed by atoms with Crippen molar-refractivity contribution < 1.29 is 4.74 Å². The Kier molecular flexibility index (Phi) is 5.94. The molecule has 0 unspecified atom stereocenters. The molecule has 130 valence electrons. The van der Waals surface area contributed by atoms with Crippen LogP contribution in [0, 0.1) is 11.3 Å². The number of anilines is 1. The number of morpholine rings is 1. The van der Waals surface area contributed by atoms with Gasteiger partial charge in [-0.05, 0) is 30.7 Å². The van der Waals surface area contributed by atoms with E-state index in [4.69, 9.17) is 4.74 Å². The molecule has 1 saturated heterocycles. The number of nitriles is 1. The molecular formula is C19H23N5O. The van der Waals surface area contributed by atoms with Crippen LogP contribution in [0.15, 0.2) is 42.6 Å². The molecule has 1 atom stereocenters. The lowest BCUT2D eigenvalue weighted by molar-refractivity contribution is -0.0268. The molecule has 1 aromatic heterocycles. The van der Waals surface area contributed by atoms with Gasteiger partial charge in [-0.25, -0.2) is 0 Å². The number of benzene rings is 1. The summed E-state index contributed by atoms with van der Waals surface area (Å²) >= 11 is 0. The molecule has 6 nitrogen and oxygen atoms in total. The Morgan fingerprint density at radius 2 is 2.20 bits per heavy atom. The van der Waals surface area contributed by atoms with Crippen molar-refractivity contribution in [3.8, 4) is 6.07 Å². The average molecular weight is 337 g/mol. The predicted molar refractivity (Wildman–Crippen MR) is 96.1 cm³/mol. The number of likely N-dealkylation sites (N-methyl/N-ethyl adjacent to an activating group) is 1. The minimum Gasteiger partial charge on any atom is -0.374 e. The van der Waals surface area contributed by atoms with Crippen LogP contribution in [0.1, 0.15) is 18.1 Å². The zero-order valence-corrected chi connectivity index (χ0v) is 14.5. The molecule has 1 aliphatic rings. The van der Waals surface area contributed by atoms with Crippen LogP contribution in [0.2, 0.25) is 0 Å². The average Bonchev–Trinajstić information content (AvgIpc) is 2.67. The van der Waals surface area contributed by atoms with E-state index in [1.165, 1.54) is 0 Å². The molecule has 1 aliphatic heterocycles. The monoisotopic (exact) mass is 337 g/mol. The molecule has 0 spiro atoms. The second kappa shape index (κ2) is 8.56. The van der Waals surface area contributed by atoms with E-state index >= 15 is 0 Å². The van der Waals surface area contributed by atoms with E-state index in [-0.39, 0.29) is 6.10 Å². The first kappa shape index (κ1) is 17.3. The van der Waals surface area contributed by atoms with Crippen LogP contribution in [0.25, 0.3) is 0 Å². The first-order chi connectivity index (χ1) is 12.3. The number of hydrogen-bond donors (Lipinski definition) is 0. The van der Waals surface area contributed by atoms with Gasteiger partial charge in [0.15, 0.2) is 5.82 Å². The fraction of sp³-hybridized carbons (Fsp3) is 0.421. The lowest BCUT2D eigenvalue weighted by atomic mass is 10.1. The van der Waals surface area contributed by atoms with Gasteiger partial charge in [0.25, 0.3) is 0 Å². The van der Waals surface area contributed by atoms with Gasteiger partial charge in [0, 0.05) is 38.9 Å². The second-order valence-corrected chi connectivity index (χ2v) is 6.12. The summed E-state index contributed by atoms with van der Waals surface area (Å²) in [5.74, 6) is 0.876. The normalized spacial score (nSPS) is 17.8. The summed E-state index contributed by atoms with van der Waals surface area (Å²) in [4.78, 5) is 4.54. The van der Waals surface area contributed by atoms with Crippen molar-refractivity contribution in [3.05, 3.63) is 53.7 Å². The third-order valence-corrected chi connectivity index (χ3v) is 4.44. The molecule has 0 bridgehead atoms. The van der Waals surface area contributed by atoms with Gasteiger partial charge in [-0.2, -0.15) is 10.4 Å². The highest BCUT2D eigenvalue weighted by atomic mass is 16.5. The van der Waals surface area contributed by atoms with Crippen LogP contribution in [0.3, 0.4) is 0 Å². The predicted octanol–water partition coefficient (Wildman–Crippen LogP) is 2.08. The number of rotatable bonds is 6. The van der Waals surface area contributed by atoms with Crippen molar-refractivity contribution in [3.63, 3.8) is 0 Å². The Morgan fingerprint density at radius 3 is 2.96 bits per heavy atom. The molecule has 0 radical (unpaired) electrons. The lowest BCUT2D eigenvalue weighted by Crippen LogP contribution is -2.47. The van der Waals surface area contributed by atoms with E-state index in [1.807, 2.05) is 36.4 Å². The maximum Gasteiger partial charge on any atom is 0.151 e. The Bertz CT molecular complexity index is 715. The molecular weight excluding hydrogens is 314 g/mol. The first-order valence-corrected chi connectivity index (χ1v) is 8.64. The molecule has 1 fully saturated rings. The van der Waals surface area contributed by atoms with Gasteiger partial charge in [0.1, 0.15) is 0 Å². The smallest absolute Gasteiger partial charge is 0.151 e. The molecule has 0 amide bonds. The highest BCUT2D eigenvalue weighted by Gasteiger charge is 2.23. The molecule has 0 aliphatic carbocycles. The van der Waals surface area contributed by atoms with Gasteiger partial charge < -0.3 is 9.64 Å². The number of nitrogens with zero attached hydrogens (tertiary/aromatic N) is 5. The number of hydrogen-bond acceptors (Lipinski definition) is 6. The van der Waals surface area contributed by atoms with Crippen LogP contribution >= 0.6 is 0 Å². The van der Waals surface area contributed by atoms with Gasteiger partial charge in [0.05, 0.1) is 24.3 Å². The molecule has 25 heavy (non-hydrogen) atoms. The summed E-state index contributed by atoms with van der Waals surface area (Å²) in [7, 11) is 0. The van der Waals surface area contributed by atoms with Gasteiger partial charge in [-0.1, -0.05) is 18.2 Å². The van der Waals surface area contributed by atoms with Crippen LogP contribution in [-0.2, 0) is 11.3 Å². The zero-order chi connectivity index (χ0) is 17.5. The van der Waals surface area contributed by atoms with Crippen molar-refractivity contribution in [1.29, 1.82) is 5.26 Å². The lowest BCUT2D eigenvalue weighted by Gasteiger charge is -2.35. The van der Waals surface area contributed by atoms with E-state index in [0.717, 1.165) is 49.7 Å². The third-order valence-electron chi connectivity index (χ3n) is 4.44. The van der Waals surface area contributed by atoms with Gasteiger partial charge in [-0.15, -0.1) is 5.10 Å². The van der Waals surface area contributed by atoms with Crippen LogP contribution in [-0.4, -0.2) is 54.0 Å². The molecule has 2 heterocycles. The zero-order valence-electron chi connectivity index (χ0n) is 14.5. The topological polar surface area (TPSA) is 65.3 Å². The Hall–Kier alpha value is -2.49. The Balaban J connectivity index is 1.62. The molecule has 0 saturated carbocycles. The van der Waals surface area contributed by atoms with Gasteiger partial charge in [-0.3, -0.25) is 4.90 Å². The molecule has 0 N–H and O–H groups in total. The van der Waals surface area contributed by atoms with Gasteiger partial charge >= 0.3 is 0 Å². The van der Waals surface area contributed by atoms with Gasteiger partial charge in [0.2, 0.25) is 0 Å². The second-order valence-electron chi connectivity index (χ2n) is 6.12. The highest BCUT2D eigenvalue weighted by Crippen LogP contribution is 2.16.